The zero-order valence-corrected chi connectivity index (χ0v) is 21.7. The number of benzene rings is 2. The van der Waals surface area contributed by atoms with Crippen LogP contribution < -0.4 is 20.7 Å². The van der Waals surface area contributed by atoms with Crippen molar-refractivity contribution in [3.05, 3.63) is 76.8 Å². The van der Waals surface area contributed by atoms with E-state index in [0.29, 0.717) is 23.4 Å². The summed E-state index contributed by atoms with van der Waals surface area (Å²) in [5.74, 6) is -2.61. The number of carbonyl (C=O) groups excluding carboxylic acids is 3. The lowest BCUT2D eigenvalue weighted by Crippen LogP contribution is -2.40. The second-order valence-electron chi connectivity index (χ2n) is 8.37. The number of unbranched alkanes of at least 4 members (excludes halogenated alkanes) is 1. The Morgan fingerprint density at radius 2 is 1.74 bits per heavy atom. The van der Waals surface area contributed by atoms with Gasteiger partial charge in [-0.15, -0.1) is 0 Å². The second kappa shape index (κ2) is 12.5. The fourth-order valence-corrected chi connectivity index (χ4v) is 4.25. The number of nitrogens with zero attached hydrogens (tertiary/aromatic N) is 2. The van der Waals surface area contributed by atoms with Crippen LogP contribution in [0.5, 0.6) is 5.75 Å². The number of carbonyl (C=O) groups is 3. The summed E-state index contributed by atoms with van der Waals surface area (Å²) >= 11 is 0. The summed E-state index contributed by atoms with van der Waals surface area (Å²) in [6, 6.07) is 15.5. The first-order valence-corrected chi connectivity index (χ1v) is 12.0. The van der Waals surface area contributed by atoms with Gasteiger partial charge in [-0.25, -0.2) is 9.59 Å². The lowest BCUT2D eigenvalue weighted by atomic mass is 9.81. The highest BCUT2D eigenvalue weighted by Gasteiger charge is 2.43. The van der Waals surface area contributed by atoms with Gasteiger partial charge in [-0.05, 0) is 24.1 Å². The minimum atomic E-state index is -0.974. The standard InChI is InChI=1S/C28H30N4O6/c1-5-6-12-22(33)31-20-14-13-18(15-21(20)36-2)32-25(28(35)38-4)24(27(34)37-3)23(19(16-29)26(32)30)17-10-8-7-9-11-17/h7-11,13-15,23H,5-6,12,30H2,1-4H3,(H,31,33). The third-order valence-electron chi connectivity index (χ3n) is 6.09. The molecule has 2 aromatic rings. The number of esters is 2. The number of nitriles is 1. The van der Waals surface area contributed by atoms with E-state index in [0.717, 1.165) is 12.8 Å². The van der Waals surface area contributed by atoms with E-state index in [1.807, 2.05) is 6.92 Å². The number of rotatable bonds is 9. The summed E-state index contributed by atoms with van der Waals surface area (Å²) in [4.78, 5) is 39.9. The fourth-order valence-electron chi connectivity index (χ4n) is 4.25. The van der Waals surface area contributed by atoms with Gasteiger partial charge in [0.25, 0.3) is 0 Å². The van der Waals surface area contributed by atoms with Crippen LogP contribution in [0.4, 0.5) is 11.4 Å². The Morgan fingerprint density at radius 1 is 1.05 bits per heavy atom. The summed E-state index contributed by atoms with van der Waals surface area (Å²) in [5.41, 5.74) is 7.54. The maximum atomic E-state index is 13.2. The molecule has 10 nitrogen and oxygen atoms in total. The first-order valence-electron chi connectivity index (χ1n) is 12.0. The van der Waals surface area contributed by atoms with E-state index in [1.54, 1.807) is 42.5 Å². The molecular weight excluding hydrogens is 488 g/mol. The lowest BCUT2D eigenvalue weighted by molar-refractivity contribution is -0.139. The van der Waals surface area contributed by atoms with Crippen LogP contribution in [0.2, 0.25) is 0 Å². The molecule has 1 heterocycles. The Kier molecular flexibility index (Phi) is 9.11. The molecule has 0 fully saturated rings. The van der Waals surface area contributed by atoms with Gasteiger partial charge in [-0.1, -0.05) is 43.7 Å². The zero-order valence-electron chi connectivity index (χ0n) is 21.7. The predicted molar refractivity (Wildman–Crippen MR) is 141 cm³/mol. The molecule has 2 aromatic carbocycles. The third kappa shape index (κ3) is 5.47. The highest BCUT2D eigenvalue weighted by atomic mass is 16.5. The number of nitrogens with two attached hydrogens (primary N) is 1. The number of nitrogens with one attached hydrogen (secondary N) is 1. The number of anilines is 2. The number of ether oxygens (including phenoxy) is 3. The van der Waals surface area contributed by atoms with Crippen molar-refractivity contribution in [3.63, 3.8) is 0 Å². The summed E-state index contributed by atoms with van der Waals surface area (Å²) in [7, 11) is 3.79. The van der Waals surface area contributed by atoms with Crippen molar-refractivity contribution in [3.8, 4) is 11.8 Å². The van der Waals surface area contributed by atoms with Gasteiger partial charge in [0.1, 0.15) is 17.3 Å². The number of amides is 1. The SMILES string of the molecule is CCCCC(=O)Nc1ccc(N2C(N)=C(C#N)C(c3ccccc3)C(C(=O)OC)=C2C(=O)OC)cc1OC. The van der Waals surface area contributed by atoms with E-state index in [4.69, 9.17) is 19.9 Å². The number of methoxy groups -OCH3 is 3. The summed E-state index contributed by atoms with van der Waals surface area (Å²) in [5, 5.41) is 13.0. The van der Waals surface area contributed by atoms with Crippen LogP contribution in [0.3, 0.4) is 0 Å². The molecule has 198 valence electrons. The van der Waals surface area contributed by atoms with Crippen LogP contribution in [0.1, 0.15) is 37.7 Å². The van der Waals surface area contributed by atoms with Crippen LogP contribution in [-0.4, -0.2) is 39.2 Å². The lowest BCUT2D eigenvalue weighted by Gasteiger charge is -2.36. The molecule has 0 saturated carbocycles. The number of allylic oxidation sites excluding steroid dienone is 1. The highest BCUT2D eigenvalue weighted by Crippen LogP contribution is 2.44. The number of hydrogen-bond donors (Lipinski definition) is 2. The molecule has 0 spiro atoms. The molecule has 0 aliphatic carbocycles. The normalized spacial score (nSPS) is 15.0. The van der Waals surface area contributed by atoms with Gasteiger partial charge in [0.2, 0.25) is 5.91 Å². The van der Waals surface area contributed by atoms with Gasteiger partial charge in [-0.3, -0.25) is 9.69 Å². The topological polar surface area (TPSA) is 144 Å². The molecule has 1 atom stereocenters. The molecule has 0 saturated heterocycles. The highest BCUT2D eigenvalue weighted by molar-refractivity contribution is 6.06. The molecular formula is C28H30N4O6. The van der Waals surface area contributed by atoms with Crippen molar-refractivity contribution in [1.82, 2.24) is 0 Å². The minimum Gasteiger partial charge on any atom is -0.494 e. The van der Waals surface area contributed by atoms with Crippen molar-refractivity contribution >= 4 is 29.2 Å². The molecule has 10 heteroatoms. The van der Waals surface area contributed by atoms with E-state index in [-0.39, 0.29) is 34.3 Å². The smallest absolute Gasteiger partial charge is 0.355 e. The predicted octanol–water partition coefficient (Wildman–Crippen LogP) is 3.72. The van der Waals surface area contributed by atoms with Crippen molar-refractivity contribution in [2.45, 2.75) is 32.1 Å². The van der Waals surface area contributed by atoms with E-state index in [9.17, 15) is 19.6 Å². The molecule has 1 aliphatic heterocycles. The van der Waals surface area contributed by atoms with E-state index < -0.39 is 17.9 Å². The Hall–Kier alpha value is -4.78. The van der Waals surface area contributed by atoms with Gasteiger partial charge in [0.05, 0.1) is 55.8 Å². The molecule has 0 bridgehead atoms. The first kappa shape index (κ1) is 27.8. The van der Waals surface area contributed by atoms with Crippen LogP contribution in [0, 0.1) is 11.3 Å². The molecule has 0 radical (unpaired) electrons. The molecule has 3 rings (SSSR count). The maximum absolute atomic E-state index is 13.2. The Balaban J connectivity index is 2.25. The molecule has 1 aliphatic rings. The van der Waals surface area contributed by atoms with E-state index >= 15 is 0 Å². The average Bonchev–Trinajstić information content (AvgIpc) is 2.95. The van der Waals surface area contributed by atoms with Gasteiger partial charge in [0.15, 0.2) is 0 Å². The zero-order chi connectivity index (χ0) is 27.8. The minimum absolute atomic E-state index is 0.0418. The van der Waals surface area contributed by atoms with Gasteiger partial charge >= 0.3 is 11.9 Å². The van der Waals surface area contributed by atoms with Gasteiger partial charge in [-0.2, -0.15) is 5.26 Å². The fraction of sp³-hybridized carbons (Fsp3) is 0.286. The largest absolute Gasteiger partial charge is 0.494 e. The average molecular weight is 519 g/mol. The number of hydrogen-bond acceptors (Lipinski definition) is 9. The molecule has 0 aromatic heterocycles. The first-order chi connectivity index (χ1) is 18.3. The van der Waals surface area contributed by atoms with Crippen LogP contribution in [0.15, 0.2) is 71.2 Å². The van der Waals surface area contributed by atoms with Crippen molar-refractivity contribution in [2.75, 3.05) is 31.5 Å². The monoisotopic (exact) mass is 518 g/mol. The third-order valence-corrected chi connectivity index (χ3v) is 6.09. The molecule has 3 N–H and O–H groups in total. The molecule has 38 heavy (non-hydrogen) atoms. The van der Waals surface area contributed by atoms with Gasteiger partial charge < -0.3 is 25.3 Å². The second-order valence-corrected chi connectivity index (χ2v) is 8.37. The Labute approximate surface area is 221 Å². The summed E-state index contributed by atoms with van der Waals surface area (Å²) in [6.07, 6.45) is 1.97. The summed E-state index contributed by atoms with van der Waals surface area (Å²) < 4.78 is 15.6. The van der Waals surface area contributed by atoms with Gasteiger partial charge in [0, 0.05) is 12.5 Å². The van der Waals surface area contributed by atoms with Crippen molar-refractivity contribution < 1.29 is 28.6 Å². The van der Waals surface area contributed by atoms with Crippen LogP contribution >= 0.6 is 0 Å². The molecule has 1 amide bonds. The van der Waals surface area contributed by atoms with E-state index in [1.165, 1.54) is 32.3 Å². The Morgan fingerprint density at radius 3 is 2.32 bits per heavy atom. The van der Waals surface area contributed by atoms with E-state index in [2.05, 4.69) is 11.4 Å². The quantitative estimate of drug-likeness (QED) is 0.475. The molecule has 1 unspecified atom stereocenters. The maximum Gasteiger partial charge on any atom is 0.355 e. The van der Waals surface area contributed by atoms with Crippen molar-refractivity contribution in [1.29, 1.82) is 5.26 Å². The summed E-state index contributed by atoms with van der Waals surface area (Å²) in [6.45, 7) is 1.99. The Bertz CT molecular complexity index is 1330. The van der Waals surface area contributed by atoms with Crippen LogP contribution in [-0.2, 0) is 23.9 Å². The van der Waals surface area contributed by atoms with Crippen LogP contribution in [0.25, 0.3) is 0 Å². The van der Waals surface area contributed by atoms with Crippen molar-refractivity contribution in [2.24, 2.45) is 5.73 Å².